The van der Waals surface area contributed by atoms with Gasteiger partial charge in [0, 0.05) is 16.9 Å². The van der Waals surface area contributed by atoms with Gasteiger partial charge in [0.1, 0.15) is 5.75 Å². The zero-order valence-corrected chi connectivity index (χ0v) is 9.59. The molecule has 0 radical (unpaired) electrons. The predicted molar refractivity (Wildman–Crippen MR) is 60.6 cm³/mol. The molecule has 1 aliphatic rings. The van der Waals surface area contributed by atoms with Crippen LogP contribution in [0, 0.1) is 5.92 Å². The third kappa shape index (κ3) is 2.72. The molecule has 0 aromatic heterocycles. The van der Waals surface area contributed by atoms with Crippen molar-refractivity contribution in [3.05, 3.63) is 28.7 Å². The van der Waals surface area contributed by atoms with E-state index in [2.05, 4.69) is 21.2 Å². The van der Waals surface area contributed by atoms with Crippen LogP contribution in [0.1, 0.15) is 6.42 Å². The maximum absolute atomic E-state index is 5.68. The maximum Gasteiger partial charge on any atom is 0.119 e. The van der Waals surface area contributed by atoms with Crippen molar-refractivity contribution >= 4 is 15.9 Å². The summed E-state index contributed by atoms with van der Waals surface area (Å²) in [5.41, 5.74) is 0. The number of hydrogen-bond donors (Lipinski definition) is 1. The minimum atomic E-state index is 0.679. The first-order chi connectivity index (χ1) is 6.84. The minimum absolute atomic E-state index is 0.679. The van der Waals surface area contributed by atoms with Crippen molar-refractivity contribution in [2.45, 2.75) is 6.42 Å². The highest BCUT2D eigenvalue weighted by molar-refractivity contribution is 9.10. The molecule has 1 atom stereocenters. The molecule has 2 rings (SSSR count). The molecule has 1 heterocycles. The largest absolute Gasteiger partial charge is 0.493 e. The van der Waals surface area contributed by atoms with Crippen molar-refractivity contribution < 1.29 is 4.74 Å². The molecule has 0 saturated carbocycles. The Kier molecular flexibility index (Phi) is 3.43. The van der Waals surface area contributed by atoms with Gasteiger partial charge in [0.05, 0.1) is 6.61 Å². The fourth-order valence-electron chi connectivity index (χ4n) is 1.60. The van der Waals surface area contributed by atoms with E-state index in [0.29, 0.717) is 5.92 Å². The van der Waals surface area contributed by atoms with Crippen molar-refractivity contribution in [1.82, 2.24) is 5.32 Å². The van der Waals surface area contributed by atoms with E-state index in [-0.39, 0.29) is 0 Å². The topological polar surface area (TPSA) is 21.3 Å². The van der Waals surface area contributed by atoms with Crippen LogP contribution >= 0.6 is 15.9 Å². The SMILES string of the molecule is Brc1ccc(OCC2CCNC2)cc1. The summed E-state index contributed by atoms with van der Waals surface area (Å²) in [6.07, 6.45) is 1.23. The molecule has 76 valence electrons. The molecule has 0 spiro atoms. The van der Waals surface area contributed by atoms with Gasteiger partial charge in [-0.25, -0.2) is 0 Å². The second kappa shape index (κ2) is 4.80. The average Bonchev–Trinajstić information content (AvgIpc) is 2.70. The summed E-state index contributed by atoms with van der Waals surface area (Å²) < 4.78 is 6.77. The molecule has 1 aromatic carbocycles. The quantitative estimate of drug-likeness (QED) is 0.896. The van der Waals surface area contributed by atoms with Gasteiger partial charge >= 0.3 is 0 Å². The number of hydrogen-bond acceptors (Lipinski definition) is 2. The van der Waals surface area contributed by atoms with E-state index < -0.39 is 0 Å². The number of nitrogens with one attached hydrogen (secondary N) is 1. The first kappa shape index (κ1) is 9.99. The number of ether oxygens (including phenoxy) is 1. The van der Waals surface area contributed by atoms with Gasteiger partial charge in [-0.05, 0) is 37.2 Å². The van der Waals surface area contributed by atoms with Crippen LogP contribution in [-0.2, 0) is 0 Å². The molecule has 14 heavy (non-hydrogen) atoms. The zero-order valence-electron chi connectivity index (χ0n) is 8.00. The van der Waals surface area contributed by atoms with Crippen molar-refractivity contribution in [1.29, 1.82) is 0 Å². The lowest BCUT2D eigenvalue weighted by Gasteiger charge is -2.10. The molecule has 0 bridgehead atoms. The van der Waals surface area contributed by atoms with Gasteiger partial charge in [0.25, 0.3) is 0 Å². The average molecular weight is 256 g/mol. The van der Waals surface area contributed by atoms with Crippen LogP contribution < -0.4 is 10.1 Å². The second-order valence-corrected chi connectivity index (χ2v) is 4.54. The Labute approximate surface area is 92.8 Å². The highest BCUT2D eigenvalue weighted by atomic mass is 79.9. The van der Waals surface area contributed by atoms with E-state index in [9.17, 15) is 0 Å². The van der Waals surface area contributed by atoms with Gasteiger partial charge in [0.2, 0.25) is 0 Å². The van der Waals surface area contributed by atoms with E-state index in [4.69, 9.17) is 4.74 Å². The molecular weight excluding hydrogens is 242 g/mol. The maximum atomic E-state index is 5.68. The fourth-order valence-corrected chi connectivity index (χ4v) is 1.87. The van der Waals surface area contributed by atoms with Gasteiger partial charge < -0.3 is 10.1 Å². The Hall–Kier alpha value is -0.540. The van der Waals surface area contributed by atoms with Crippen molar-refractivity contribution in [3.8, 4) is 5.75 Å². The first-order valence-electron chi connectivity index (χ1n) is 4.94. The molecule has 1 N–H and O–H groups in total. The Balaban J connectivity index is 1.82. The number of benzene rings is 1. The summed E-state index contributed by atoms with van der Waals surface area (Å²) in [6, 6.07) is 7.99. The van der Waals surface area contributed by atoms with Crippen LogP contribution in [0.2, 0.25) is 0 Å². The smallest absolute Gasteiger partial charge is 0.119 e. The number of rotatable bonds is 3. The van der Waals surface area contributed by atoms with Gasteiger partial charge in [-0.2, -0.15) is 0 Å². The molecule has 1 aromatic rings. The van der Waals surface area contributed by atoms with Crippen molar-refractivity contribution in [3.63, 3.8) is 0 Å². The Morgan fingerprint density at radius 2 is 2.14 bits per heavy atom. The first-order valence-corrected chi connectivity index (χ1v) is 5.73. The second-order valence-electron chi connectivity index (χ2n) is 3.62. The third-order valence-electron chi connectivity index (χ3n) is 2.46. The van der Waals surface area contributed by atoms with Crippen LogP contribution in [0.3, 0.4) is 0 Å². The summed E-state index contributed by atoms with van der Waals surface area (Å²) in [5, 5.41) is 3.33. The van der Waals surface area contributed by atoms with Crippen molar-refractivity contribution in [2.24, 2.45) is 5.92 Å². The Bertz CT molecular complexity index is 280. The molecule has 3 heteroatoms. The van der Waals surface area contributed by atoms with E-state index in [0.717, 1.165) is 29.9 Å². The van der Waals surface area contributed by atoms with Crippen LogP contribution in [0.15, 0.2) is 28.7 Å². The molecule has 1 fully saturated rings. The predicted octanol–water partition coefficient (Wildman–Crippen LogP) is 2.44. The summed E-state index contributed by atoms with van der Waals surface area (Å²) in [4.78, 5) is 0. The molecular formula is C11H14BrNO. The minimum Gasteiger partial charge on any atom is -0.493 e. The fraction of sp³-hybridized carbons (Fsp3) is 0.455. The van der Waals surface area contributed by atoms with Crippen molar-refractivity contribution in [2.75, 3.05) is 19.7 Å². The van der Waals surface area contributed by atoms with Gasteiger partial charge in [-0.15, -0.1) is 0 Å². The van der Waals surface area contributed by atoms with Gasteiger partial charge in [-0.1, -0.05) is 15.9 Å². The molecule has 1 aliphatic heterocycles. The molecule has 0 aliphatic carbocycles. The van der Waals surface area contributed by atoms with Gasteiger partial charge in [0.15, 0.2) is 0 Å². The summed E-state index contributed by atoms with van der Waals surface area (Å²) in [6.45, 7) is 3.06. The summed E-state index contributed by atoms with van der Waals surface area (Å²) in [5.74, 6) is 1.64. The van der Waals surface area contributed by atoms with Crippen LogP contribution in [0.5, 0.6) is 5.75 Å². The van der Waals surface area contributed by atoms with Crippen LogP contribution in [-0.4, -0.2) is 19.7 Å². The highest BCUT2D eigenvalue weighted by Gasteiger charge is 2.14. The Morgan fingerprint density at radius 1 is 1.36 bits per heavy atom. The standard InChI is InChI=1S/C11H14BrNO/c12-10-1-3-11(4-2-10)14-8-9-5-6-13-7-9/h1-4,9,13H,5-8H2. The molecule has 1 unspecified atom stereocenters. The third-order valence-corrected chi connectivity index (χ3v) is 2.99. The summed E-state index contributed by atoms with van der Waals surface area (Å²) >= 11 is 3.40. The van der Waals surface area contributed by atoms with E-state index in [1.807, 2.05) is 24.3 Å². The van der Waals surface area contributed by atoms with E-state index >= 15 is 0 Å². The monoisotopic (exact) mass is 255 g/mol. The van der Waals surface area contributed by atoms with E-state index in [1.165, 1.54) is 6.42 Å². The normalized spacial score (nSPS) is 21.1. The van der Waals surface area contributed by atoms with E-state index in [1.54, 1.807) is 0 Å². The zero-order chi connectivity index (χ0) is 9.80. The summed E-state index contributed by atoms with van der Waals surface area (Å²) in [7, 11) is 0. The molecule has 2 nitrogen and oxygen atoms in total. The number of halogens is 1. The lowest BCUT2D eigenvalue weighted by Crippen LogP contribution is -2.15. The van der Waals surface area contributed by atoms with Gasteiger partial charge in [-0.3, -0.25) is 0 Å². The van der Waals surface area contributed by atoms with Crippen LogP contribution in [0.4, 0.5) is 0 Å². The molecule has 0 amide bonds. The molecule has 1 saturated heterocycles. The van der Waals surface area contributed by atoms with Crippen LogP contribution in [0.25, 0.3) is 0 Å². The lowest BCUT2D eigenvalue weighted by molar-refractivity contribution is 0.260. The highest BCUT2D eigenvalue weighted by Crippen LogP contribution is 2.17. The lowest BCUT2D eigenvalue weighted by atomic mass is 10.1. The Morgan fingerprint density at radius 3 is 2.79 bits per heavy atom.